The van der Waals surface area contributed by atoms with E-state index in [1.165, 1.54) is 0 Å². The van der Waals surface area contributed by atoms with Crippen molar-refractivity contribution >= 4 is 39.0 Å². The molecular weight excluding hydrogens is 396 g/mol. The molecule has 26 heavy (non-hydrogen) atoms. The van der Waals surface area contributed by atoms with Gasteiger partial charge in [-0.05, 0) is 42.5 Å². The predicted molar refractivity (Wildman–Crippen MR) is 102 cm³/mol. The first kappa shape index (κ1) is 16.3. The smallest absolute Gasteiger partial charge is 0.260 e. The summed E-state index contributed by atoms with van der Waals surface area (Å²) in [6, 6.07) is 12.9. The zero-order chi connectivity index (χ0) is 18.1. The largest absolute Gasteiger partial charge is 0.361 e. The van der Waals surface area contributed by atoms with E-state index in [2.05, 4.69) is 31.5 Å². The Labute approximate surface area is 157 Å². The van der Waals surface area contributed by atoms with Crippen molar-refractivity contribution in [3.05, 3.63) is 83.0 Å². The number of nitrogens with zero attached hydrogens (tertiary/aromatic N) is 2. The molecule has 0 saturated carbocycles. The van der Waals surface area contributed by atoms with E-state index < -0.39 is 5.91 Å². The molecule has 0 aliphatic carbocycles. The van der Waals surface area contributed by atoms with Crippen molar-refractivity contribution in [3.8, 4) is 5.69 Å². The van der Waals surface area contributed by atoms with Crippen molar-refractivity contribution in [1.82, 2.24) is 14.9 Å². The molecule has 2 N–H and O–H groups in total. The second-order valence-corrected chi connectivity index (χ2v) is 6.61. The third-order valence-electron chi connectivity index (χ3n) is 4.04. The lowest BCUT2D eigenvalue weighted by Gasteiger charge is -2.18. The Morgan fingerprint density at radius 2 is 1.85 bits per heavy atom. The maximum atomic E-state index is 12.2. The number of anilines is 1. The molecule has 2 heterocycles. The van der Waals surface area contributed by atoms with Gasteiger partial charge in [-0.15, -0.1) is 0 Å². The van der Waals surface area contributed by atoms with Crippen LogP contribution in [0.1, 0.15) is 15.9 Å². The van der Waals surface area contributed by atoms with Crippen molar-refractivity contribution < 1.29 is 9.59 Å². The molecule has 1 aliphatic heterocycles. The zero-order valence-electron chi connectivity index (χ0n) is 13.4. The number of imidazole rings is 1. The van der Waals surface area contributed by atoms with Gasteiger partial charge in [-0.25, -0.2) is 4.98 Å². The Morgan fingerprint density at radius 3 is 2.58 bits per heavy atom. The number of rotatable bonds is 3. The van der Waals surface area contributed by atoms with E-state index in [4.69, 9.17) is 0 Å². The highest BCUT2D eigenvalue weighted by Crippen LogP contribution is 2.27. The SMILES string of the molecule is O=C1NC(=O)c2ccc(Br)cc2/C1=C/Nc1ccc(-n2ccnc2)cc1. The minimum atomic E-state index is -0.428. The summed E-state index contributed by atoms with van der Waals surface area (Å²) in [6.45, 7) is 0. The predicted octanol–water partition coefficient (Wildman–Crippen LogP) is 3.36. The first-order valence-corrected chi connectivity index (χ1v) is 8.62. The van der Waals surface area contributed by atoms with E-state index in [0.29, 0.717) is 16.7 Å². The number of nitrogens with one attached hydrogen (secondary N) is 2. The van der Waals surface area contributed by atoms with Gasteiger partial charge in [0.15, 0.2) is 0 Å². The van der Waals surface area contributed by atoms with E-state index in [9.17, 15) is 9.59 Å². The fraction of sp³-hybridized carbons (Fsp3) is 0. The van der Waals surface area contributed by atoms with Gasteiger partial charge in [-0.2, -0.15) is 0 Å². The van der Waals surface area contributed by atoms with Crippen molar-refractivity contribution in [3.63, 3.8) is 0 Å². The summed E-state index contributed by atoms with van der Waals surface area (Å²) in [5, 5.41) is 5.48. The average Bonchev–Trinajstić information content (AvgIpc) is 3.16. The van der Waals surface area contributed by atoms with Gasteiger partial charge in [0.2, 0.25) is 0 Å². The van der Waals surface area contributed by atoms with Crippen LogP contribution in [0, 0.1) is 0 Å². The van der Waals surface area contributed by atoms with Gasteiger partial charge in [0.25, 0.3) is 11.8 Å². The van der Waals surface area contributed by atoms with Crippen LogP contribution in [0.4, 0.5) is 5.69 Å². The number of carbonyl (C=O) groups excluding carboxylic acids is 2. The Hall–Kier alpha value is -3.19. The van der Waals surface area contributed by atoms with Crippen molar-refractivity contribution in [2.45, 2.75) is 0 Å². The van der Waals surface area contributed by atoms with E-state index in [1.807, 2.05) is 35.0 Å². The van der Waals surface area contributed by atoms with Crippen LogP contribution in [0.15, 0.2) is 71.9 Å². The van der Waals surface area contributed by atoms with E-state index in [-0.39, 0.29) is 5.91 Å². The Balaban J connectivity index is 1.62. The number of imide groups is 1. The normalized spacial score (nSPS) is 14.9. The fourth-order valence-electron chi connectivity index (χ4n) is 2.74. The summed E-state index contributed by atoms with van der Waals surface area (Å²) in [6.07, 6.45) is 6.92. The summed E-state index contributed by atoms with van der Waals surface area (Å²) in [5.74, 6) is -0.817. The maximum absolute atomic E-state index is 12.2. The van der Waals surface area contributed by atoms with Crippen LogP contribution in [-0.4, -0.2) is 21.4 Å². The molecule has 0 atom stereocenters. The molecule has 7 heteroatoms. The van der Waals surface area contributed by atoms with Crippen molar-refractivity contribution in [1.29, 1.82) is 0 Å². The van der Waals surface area contributed by atoms with Crippen LogP contribution in [-0.2, 0) is 4.79 Å². The first-order valence-electron chi connectivity index (χ1n) is 7.82. The monoisotopic (exact) mass is 408 g/mol. The van der Waals surface area contributed by atoms with Gasteiger partial charge in [0.1, 0.15) is 0 Å². The highest BCUT2D eigenvalue weighted by molar-refractivity contribution is 9.10. The van der Waals surface area contributed by atoms with Gasteiger partial charge >= 0.3 is 0 Å². The van der Waals surface area contributed by atoms with Crippen molar-refractivity contribution in [2.24, 2.45) is 0 Å². The second kappa shape index (κ2) is 6.61. The Kier molecular flexibility index (Phi) is 4.14. The number of hydrogen-bond donors (Lipinski definition) is 2. The minimum Gasteiger partial charge on any atom is -0.361 e. The molecule has 0 fully saturated rings. The van der Waals surface area contributed by atoms with Crippen molar-refractivity contribution in [2.75, 3.05) is 5.32 Å². The van der Waals surface area contributed by atoms with E-state index >= 15 is 0 Å². The first-order chi connectivity index (χ1) is 12.6. The van der Waals surface area contributed by atoms with E-state index in [1.54, 1.807) is 36.9 Å². The molecule has 1 aliphatic rings. The number of benzene rings is 2. The molecule has 128 valence electrons. The molecule has 6 nitrogen and oxygen atoms in total. The summed E-state index contributed by atoms with van der Waals surface area (Å²) in [4.78, 5) is 28.2. The molecule has 1 aromatic heterocycles. The molecular formula is C19H13BrN4O2. The highest BCUT2D eigenvalue weighted by atomic mass is 79.9. The van der Waals surface area contributed by atoms with E-state index in [0.717, 1.165) is 15.8 Å². The van der Waals surface area contributed by atoms with Crippen LogP contribution in [0.25, 0.3) is 11.3 Å². The number of hydrogen-bond acceptors (Lipinski definition) is 4. The van der Waals surface area contributed by atoms with Gasteiger partial charge in [0.05, 0.1) is 11.9 Å². The van der Waals surface area contributed by atoms with Gasteiger partial charge < -0.3 is 9.88 Å². The highest BCUT2D eigenvalue weighted by Gasteiger charge is 2.27. The Morgan fingerprint density at radius 1 is 1.04 bits per heavy atom. The molecule has 0 spiro atoms. The molecule has 0 bridgehead atoms. The van der Waals surface area contributed by atoms with Crippen LogP contribution >= 0.6 is 15.9 Å². The minimum absolute atomic E-state index is 0.390. The molecule has 2 aromatic carbocycles. The van der Waals surface area contributed by atoms with Crippen LogP contribution in [0.2, 0.25) is 0 Å². The zero-order valence-corrected chi connectivity index (χ0v) is 15.0. The maximum Gasteiger partial charge on any atom is 0.260 e. The topological polar surface area (TPSA) is 76.0 Å². The third kappa shape index (κ3) is 3.04. The van der Waals surface area contributed by atoms with Gasteiger partial charge in [-0.3, -0.25) is 14.9 Å². The van der Waals surface area contributed by atoms with Crippen LogP contribution in [0.5, 0.6) is 0 Å². The molecule has 0 radical (unpaired) electrons. The molecule has 3 aromatic rings. The summed E-state index contributed by atoms with van der Waals surface area (Å²) < 4.78 is 2.70. The van der Waals surface area contributed by atoms with Crippen LogP contribution < -0.4 is 10.6 Å². The summed E-state index contributed by atoms with van der Waals surface area (Å²) >= 11 is 3.38. The fourth-order valence-corrected chi connectivity index (χ4v) is 3.10. The number of halogens is 1. The summed E-state index contributed by atoms with van der Waals surface area (Å²) in [7, 11) is 0. The Bertz CT molecular complexity index is 1020. The number of aromatic nitrogens is 2. The third-order valence-corrected chi connectivity index (χ3v) is 4.53. The summed E-state index contributed by atoms with van der Waals surface area (Å²) in [5.41, 5.74) is 3.27. The quantitative estimate of drug-likeness (QED) is 0.514. The number of fused-ring (bicyclic) bond motifs is 1. The lowest BCUT2D eigenvalue weighted by atomic mass is 9.95. The number of carbonyl (C=O) groups is 2. The lowest BCUT2D eigenvalue weighted by Crippen LogP contribution is -2.36. The molecule has 0 saturated heterocycles. The second-order valence-electron chi connectivity index (χ2n) is 5.69. The van der Waals surface area contributed by atoms with Crippen LogP contribution in [0.3, 0.4) is 0 Å². The van der Waals surface area contributed by atoms with Gasteiger partial charge in [0, 0.05) is 45.6 Å². The van der Waals surface area contributed by atoms with Gasteiger partial charge in [-0.1, -0.05) is 15.9 Å². The average molecular weight is 409 g/mol. The standard InChI is InChI=1S/C19H13BrN4O2/c20-12-1-6-15-16(9-12)17(19(26)23-18(15)25)10-22-13-2-4-14(5-3-13)24-8-7-21-11-24/h1-11,22H,(H,23,25,26)/b17-10-. The number of amides is 2. The molecule has 0 unspecified atom stereocenters. The lowest BCUT2D eigenvalue weighted by molar-refractivity contribution is -0.114. The molecule has 2 amide bonds. The molecule has 4 rings (SSSR count).